The molecule has 1 fully saturated rings. The lowest BCUT2D eigenvalue weighted by molar-refractivity contribution is 0.347. The number of benzene rings is 2. The molecule has 2 heterocycles. The molecule has 2 atom stereocenters. The number of aromatic nitrogens is 1. The fraction of sp³-hybridized carbons (Fsp3) is 0.407. The first kappa shape index (κ1) is 25.0. The summed E-state index contributed by atoms with van der Waals surface area (Å²) in [6.45, 7) is 7.37. The van der Waals surface area contributed by atoms with Gasteiger partial charge in [0, 0.05) is 35.4 Å². The van der Waals surface area contributed by atoms with E-state index in [0.717, 1.165) is 40.0 Å². The minimum absolute atomic E-state index is 0.259. The van der Waals surface area contributed by atoms with E-state index in [1.807, 2.05) is 37.3 Å². The van der Waals surface area contributed by atoms with Gasteiger partial charge in [0.15, 0.2) is 16.6 Å². The van der Waals surface area contributed by atoms with Gasteiger partial charge in [-0.1, -0.05) is 6.42 Å². The summed E-state index contributed by atoms with van der Waals surface area (Å²) in [5, 5.41) is 11.9. The molecule has 0 bridgehead atoms. The van der Waals surface area contributed by atoms with Gasteiger partial charge in [-0.05, 0) is 87.8 Å². The maximum absolute atomic E-state index is 6.36. The summed E-state index contributed by atoms with van der Waals surface area (Å²) in [4.78, 5) is 4.46. The number of nitrogens with zero attached hydrogens (tertiary/aromatic N) is 1. The van der Waals surface area contributed by atoms with Crippen molar-refractivity contribution in [3.8, 4) is 23.0 Å². The second kappa shape index (κ2) is 11.1. The third-order valence-corrected chi connectivity index (χ3v) is 6.94. The lowest BCUT2D eigenvalue weighted by Crippen LogP contribution is -2.51. The normalized spacial score (nSPS) is 16.4. The van der Waals surface area contributed by atoms with Crippen LogP contribution in [0.4, 0.5) is 5.69 Å². The summed E-state index contributed by atoms with van der Waals surface area (Å²) in [5.41, 5.74) is 3.84. The molecular formula is C27H34N4O3S. The van der Waals surface area contributed by atoms with Crippen molar-refractivity contribution in [2.45, 2.75) is 52.1 Å². The molecule has 0 spiro atoms. The van der Waals surface area contributed by atoms with E-state index < -0.39 is 0 Å². The SMILES string of the molecule is COc1cc2nccc(Oc3ccc(NC(=S)NC(C)C4CCCCN4)c(C)c3C)c2cc1OC. The Kier molecular flexibility index (Phi) is 7.93. The highest BCUT2D eigenvalue weighted by molar-refractivity contribution is 7.80. The zero-order valence-corrected chi connectivity index (χ0v) is 21.8. The van der Waals surface area contributed by atoms with Crippen LogP contribution < -0.4 is 30.2 Å². The molecule has 2 aromatic carbocycles. The van der Waals surface area contributed by atoms with Gasteiger partial charge < -0.3 is 30.2 Å². The highest BCUT2D eigenvalue weighted by Crippen LogP contribution is 2.38. The number of pyridine rings is 1. The number of nitrogens with one attached hydrogen (secondary N) is 3. The first-order valence-corrected chi connectivity index (χ1v) is 12.4. The van der Waals surface area contributed by atoms with Crippen molar-refractivity contribution in [3.05, 3.63) is 47.7 Å². The molecule has 0 saturated carbocycles. The van der Waals surface area contributed by atoms with Crippen molar-refractivity contribution in [2.75, 3.05) is 26.1 Å². The standard InChI is InChI=1S/C27H34N4O3S/c1-16-17(2)23(10-9-20(16)31-27(35)30-18(3)21-8-6-7-12-28-21)34-24-11-13-29-22-15-26(33-5)25(32-4)14-19(22)24/h9-11,13-15,18,21,28H,6-8,12H2,1-5H3,(H2,30,31,35). The minimum atomic E-state index is 0.259. The third-order valence-electron chi connectivity index (χ3n) is 6.72. The quantitative estimate of drug-likeness (QED) is 0.373. The summed E-state index contributed by atoms with van der Waals surface area (Å²) >= 11 is 5.61. The fourth-order valence-electron chi connectivity index (χ4n) is 4.47. The van der Waals surface area contributed by atoms with Crippen LogP contribution in [0.25, 0.3) is 10.9 Å². The summed E-state index contributed by atoms with van der Waals surface area (Å²) in [6.07, 6.45) is 5.41. The lowest BCUT2D eigenvalue weighted by Gasteiger charge is -2.30. The number of fused-ring (bicyclic) bond motifs is 1. The molecule has 3 N–H and O–H groups in total. The highest BCUT2D eigenvalue weighted by atomic mass is 32.1. The van der Waals surface area contributed by atoms with Crippen LogP contribution in [0.2, 0.25) is 0 Å². The molecule has 8 heteroatoms. The summed E-state index contributed by atoms with van der Waals surface area (Å²) in [5.74, 6) is 2.73. The zero-order chi connectivity index (χ0) is 24.9. The molecule has 0 aliphatic carbocycles. The number of hydrogen-bond acceptors (Lipinski definition) is 6. The van der Waals surface area contributed by atoms with Crippen LogP contribution in [0, 0.1) is 13.8 Å². The van der Waals surface area contributed by atoms with E-state index in [4.69, 9.17) is 26.4 Å². The van der Waals surface area contributed by atoms with Gasteiger partial charge in [-0.2, -0.15) is 0 Å². The molecule has 1 aromatic heterocycles. The van der Waals surface area contributed by atoms with Gasteiger partial charge in [0.1, 0.15) is 11.5 Å². The predicted molar refractivity (Wildman–Crippen MR) is 145 cm³/mol. The number of methoxy groups -OCH3 is 2. The second-order valence-corrected chi connectivity index (χ2v) is 9.35. The molecule has 3 aromatic rings. The van der Waals surface area contributed by atoms with Crippen molar-refractivity contribution >= 4 is 33.9 Å². The summed E-state index contributed by atoms with van der Waals surface area (Å²) < 4.78 is 17.2. The highest BCUT2D eigenvalue weighted by Gasteiger charge is 2.20. The Morgan fingerprint density at radius 2 is 1.80 bits per heavy atom. The molecule has 1 aliphatic rings. The number of rotatable bonds is 7. The van der Waals surface area contributed by atoms with Crippen molar-refractivity contribution in [3.63, 3.8) is 0 Å². The van der Waals surface area contributed by atoms with Crippen molar-refractivity contribution in [2.24, 2.45) is 0 Å². The van der Waals surface area contributed by atoms with Gasteiger partial charge >= 0.3 is 0 Å². The van der Waals surface area contributed by atoms with E-state index in [0.29, 0.717) is 28.4 Å². The molecule has 0 amide bonds. The van der Waals surface area contributed by atoms with E-state index in [1.165, 1.54) is 19.3 Å². The Labute approximate surface area is 212 Å². The number of hydrogen-bond donors (Lipinski definition) is 3. The van der Waals surface area contributed by atoms with Crippen LogP contribution in [-0.4, -0.2) is 42.9 Å². The van der Waals surface area contributed by atoms with E-state index in [1.54, 1.807) is 20.4 Å². The van der Waals surface area contributed by atoms with E-state index in [9.17, 15) is 0 Å². The summed E-state index contributed by atoms with van der Waals surface area (Å²) in [6, 6.07) is 10.3. The molecule has 4 rings (SSSR count). The van der Waals surface area contributed by atoms with E-state index in [2.05, 4.69) is 34.8 Å². The molecule has 35 heavy (non-hydrogen) atoms. The number of thiocarbonyl (C=S) groups is 1. The van der Waals surface area contributed by atoms with Gasteiger partial charge in [0.25, 0.3) is 0 Å². The van der Waals surface area contributed by atoms with Crippen LogP contribution in [0.15, 0.2) is 36.5 Å². The van der Waals surface area contributed by atoms with Gasteiger partial charge in [-0.15, -0.1) is 0 Å². The topological polar surface area (TPSA) is 76.7 Å². The maximum Gasteiger partial charge on any atom is 0.171 e. The molecule has 186 valence electrons. The smallest absolute Gasteiger partial charge is 0.171 e. The average Bonchev–Trinajstić information content (AvgIpc) is 2.88. The third kappa shape index (κ3) is 5.60. The Morgan fingerprint density at radius 1 is 1.03 bits per heavy atom. The molecule has 0 radical (unpaired) electrons. The van der Waals surface area contributed by atoms with Gasteiger partial charge in [0.2, 0.25) is 0 Å². The van der Waals surface area contributed by atoms with Crippen molar-refractivity contribution < 1.29 is 14.2 Å². The van der Waals surface area contributed by atoms with Crippen LogP contribution in [0.3, 0.4) is 0 Å². The number of piperidine rings is 1. The first-order chi connectivity index (χ1) is 16.9. The predicted octanol–water partition coefficient (Wildman–Crippen LogP) is 5.48. The van der Waals surface area contributed by atoms with Crippen molar-refractivity contribution in [1.29, 1.82) is 0 Å². The Balaban J connectivity index is 1.51. The van der Waals surface area contributed by atoms with Crippen LogP contribution in [-0.2, 0) is 0 Å². The van der Waals surface area contributed by atoms with Gasteiger partial charge in [-0.3, -0.25) is 4.98 Å². The fourth-order valence-corrected chi connectivity index (χ4v) is 4.76. The molecule has 2 unspecified atom stereocenters. The van der Waals surface area contributed by atoms with Gasteiger partial charge in [-0.25, -0.2) is 0 Å². The maximum atomic E-state index is 6.36. The number of anilines is 1. The Hall–Kier alpha value is -3.10. The van der Waals surface area contributed by atoms with Crippen LogP contribution >= 0.6 is 12.2 Å². The summed E-state index contributed by atoms with van der Waals surface area (Å²) in [7, 11) is 3.23. The zero-order valence-electron chi connectivity index (χ0n) is 21.0. The van der Waals surface area contributed by atoms with Gasteiger partial charge in [0.05, 0.1) is 19.7 Å². The molecule has 1 saturated heterocycles. The van der Waals surface area contributed by atoms with Crippen molar-refractivity contribution in [1.82, 2.24) is 15.6 Å². The molecule has 7 nitrogen and oxygen atoms in total. The monoisotopic (exact) mass is 494 g/mol. The van der Waals surface area contributed by atoms with Crippen LogP contribution in [0.5, 0.6) is 23.0 Å². The van der Waals surface area contributed by atoms with E-state index in [-0.39, 0.29) is 6.04 Å². The minimum Gasteiger partial charge on any atom is -0.493 e. The van der Waals surface area contributed by atoms with Crippen LogP contribution in [0.1, 0.15) is 37.3 Å². The molecule has 1 aliphatic heterocycles. The molecular weight excluding hydrogens is 460 g/mol. The largest absolute Gasteiger partial charge is 0.493 e. The Bertz CT molecular complexity index is 1210. The lowest BCUT2D eigenvalue weighted by atomic mass is 9.99. The Morgan fingerprint density at radius 3 is 2.51 bits per heavy atom. The van der Waals surface area contributed by atoms with E-state index >= 15 is 0 Å². The second-order valence-electron chi connectivity index (χ2n) is 8.94. The average molecular weight is 495 g/mol. The number of ether oxygens (including phenoxy) is 3. The first-order valence-electron chi connectivity index (χ1n) is 12.0.